The van der Waals surface area contributed by atoms with E-state index in [4.69, 9.17) is 9.47 Å². The molecule has 2 aromatic rings. The molecule has 1 aromatic carbocycles. The first-order valence-electron chi connectivity index (χ1n) is 11.4. The highest BCUT2D eigenvalue weighted by molar-refractivity contribution is 7.89. The molecule has 0 spiro atoms. The van der Waals surface area contributed by atoms with E-state index in [9.17, 15) is 13.2 Å². The van der Waals surface area contributed by atoms with E-state index in [2.05, 4.69) is 29.4 Å². The average Bonchev–Trinajstić information content (AvgIpc) is 3.33. The average molecular weight is 477 g/mol. The van der Waals surface area contributed by atoms with Crippen LogP contribution in [0.5, 0.6) is 5.75 Å². The lowest BCUT2D eigenvalue weighted by molar-refractivity contribution is 0.0729. The summed E-state index contributed by atoms with van der Waals surface area (Å²) in [6.45, 7) is 5.71. The van der Waals surface area contributed by atoms with Gasteiger partial charge in [0, 0.05) is 24.7 Å². The van der Waals surface area contributed by atoms with E-state index >= 15 is 0 Å². The van der Waals surface area contributed by atoms with Crippen molar-refractivity contribution in [1.82, 2.24) is 19.8 Å². The first-order chi connectivity index (χ1) is 15.8. The molecule has 0 bridgehead atoms. The van der Waals surface area contributed by atoms with E-state index in [1.807, 2.05) is 0 Å². The minimum absolute atomic E-state index is 0.0726. The number of carbonyl (C=O) groups is 1. The smallest absolute Gasteiger partial charge is 0.269 e. The Morgan fingerprint density at radius 1 is 1.21 bits per heavy atom. The van der Waals surface area contributed by atoms with E-state index in [1.54, 1.807) is 24.3 Å². The Hall–Kier alpha value is -2.43. The predicted molar refractivity (Wildman–Crippen MR) is 124 cm³/mol. The molecule has 1 aliphatic heterocycles. The second kappa shape index (κ2) is 9.82. The lowest BCUT2D eigenvalue weighted by Crippen LogP contribution is -2.43. The van der Waals surface area contributed by atoms with Crippen LogP contribution in [0.1, 0.15) is 43.6 Å². The van der Waals surface area contributed by atoms with Gasteiger partial charge in [-0.1, -0.05) is 26.7 Å². The number of morpholine rings is 1. The van der Waals surface area contributed by atoms with E-state index in [1.165, 1.54) is 17.8 Å². The fourth-order valence-electron chi connectivity index (χ4n) is 4.58. The Bertz CT molecular complexity index is 1090. The van der Waals surface area contributed by atoms with Crippen molar-refractivity contribution in [1.29, 1.82) is 0 Å². The molecule has 1 amide bonds. The van der Waals surface area contributed by atoms with Crippen LogP contribution in [-0.4, -0.2) is 68.3 Å². The van der Waals surface area contributed by atoms with Gasteiger partial charge in [-0.05, 0) is 42.5 Å². The van der Waals surface area contributed by atoms with Crippen molar-refractivity contribution in [3.8, 4) is 17.0 Å². The number of rotatable bonds is 6. The fraction of sp³-hybridized carbons (Fsp3) is 0.565. The van der Waals surface area contributed by atoms with E-state index < -0.39 is 10.0 Å². The lowest BCUT2D eigenvalue weighted by Gasteiger charge is -2.34. The van der Waals surface area contributed by atoms with Crippen molar-refractivity contribution >= 4 is 15.9 Å². The molecule has 1 saturated carbocycles. The maximum absolute atomic E-state index is 13.2. The van der Waals surface area contributed by atoms with E-state index in [0.29, 0.717) is 55.1 Å². The van der Waals surface area contributed by atoms with Crippen LogP contribution < -0.4 is 10.1 Å². The second-order valence-corrected chi connectivity index (χ2v) is 10.8. The first kappa shape index (κ1) is 23.7. The summed E-state index contributed by atoms with van der Waals surface area (Å²) in [7, 11) is -2.32. The number of nitrogens with zero attached hydrogens (tertiary/aromatic N) is 2. The molecule has 9 nitrogen and oxygen atoms in total. The Morgan fingerprint density at radius 3 is 2.70 bits per heavy atom. The van der Waals surface area contributed by atoms with E-state index in [-0.39, 0.29) is 22.6 Å². The Balaban J connectivity index is 1.56. The third kappa shape index (κ3) is 4.92. The summed E-state index contributed by atoms with van der Waals surface area (Å²) in [5.74, 6) is 1.06. The van der Waals surface area contributed by atoms with Crippen LogP contribution in [-0.2, 0) is 14.8 Å². The molecular weight excluding hydrogens is 444 g/mol. The molecule has 2 aliphatic rings. The molecule has 1 aromatic heterocycles. The zero-order chi connectivity index (χ0) is 23.6. The predicted octanol–water partition coefficient (Wildman–Crippen LogP) is 2.66. The topological polar surface area (TPSA) is 114 Å². The van der Waals surface area contributed by atoms with Crippen molar-refractivity contribution in [2.75, 3.05) is 33.4 Å². The van der Waals surface area contributed by atoms with Crippen molar-refractivity contribution in [3.05, 3.63) is 30.0 Å². The highest BCUT2D eigenvalue weighted by Gasteiger charge is 2.31. The van der Waals surface area contributed by atoms with Gasteiger partial charge in [0.2, 0.25) is 10.0 Å². The summed E-state index contributed by atoms with van der Waals surface area (Å²) in [5, 5.41) is 10.2. The third-order valence-corrected chi connectivity index (χ3v) is 8.81. The van der Waals surface area contributed by atoms with Gasteiger partial charge in [-0.2, -0.15) is 9.40 Å². The number of hydrogen-bond acceptors (Lipinski definition) is 6. The van der Waals surface area contributed by atoms with Gasteiger partial charge in [0.15, 0.2) is 0 Å². The quantitative estimate of drug-likeness (QED) is 0.663. The van der Waals surface area contributed by atoms with Crippen molar-refractivity contribution in [3.63, 3.8) is 0 Å². The number of carbonyl (C=O) groups excluding carboxylic acids is 1. The van der Waals surface area contributed by atoms with Crippen LogP contribution in [0, 0.1) is 11.8 Å². The van der Waals surface area contributed by atoms with Crippen molar-refractivity contribution < 1.29 is 22.7 Å². The number of nitrogens with one attached hydrogen (secondary N) is 2. The van der Waals surface area contributed by atoms with Crippen LogP contribution >= 0.6 is 0 Å². The Morgan fingerprint density at radius 2 is 1.97 bits per heavy atom. The fourth-order valence-corrected chi connectivity index (χ4v) is 6.17. The minimum atomic E-state index is -3.76. The molecule has 2 N–H and O–H groups in total. The van der Waals surface area contributed by atoms with Crippen molar-refractivity contribution in [2.24, 2.45) is 11.8 Å². The summed E-state index contributed by atoms with van der Waals surface area (Å²) in [5.41, 5.74) is 1.42. The number of aromatic amines is 1. The van der Waals surface area contributed by atoms with Crippen LogP contribution in [0.2, 0.25) is 0 Å². The highest BCUT2D eigenvalue weighted by Crippen LogP contribution is 2.32. The summed E-state index contributed by atoms with van der Waals surface area (Å²) in [4.78, 5) is 12.9. The SMILES string of the molecule is COc1ccc(-c2cc(C(=O)N[C@@H]3CCC[C@H](C)[C@H]3C)[nH]n2)cc1S(=O)(=O)N1CCOCC1. The van der Waals surface area contributed by atoms with Crippen LogP contribution in [0.3, 0.4) is 0 Å². The number of aromatic nitrogens is 2. The summed E-state index contributed by atoms with van der Waals surface area (Å²) < 4.78 is 38.5. The molecule has 0 radical (unpaired) electrons. The molecular formula is C23H32N4O5S. The van der Waals surface area contributed by atoms with Crippen molar-refractivity contribution in [2.45, 2.75) is 44.0 Å². The Kier molecular flexibility index (Phi) is 7.06. The first-order valence-corrected chi connectivity index (χ1v) is 12.9. The molecule has 1 aliphatic carbocycles. The highest BCUT2D eigenvalue weighted by atomic mass is 32.2. The van der Waals surface area contributed by atoms with E-state index in [0.717, 1.165) is 12.8 Å². The summed E-state index contributed by atoms with van der Waals surface area (Å²) in [6, 6.07) is 6.69. The standard InChI is InChI=1S/C23H32N4O5S/c1-15-5-4-6-18(16(15)2)24-23(28)20-14-19(25-26-20)17-7-8-21(31-3)22(13-17)33(29,30)27-9-11-32-12-10-27/h7-8,13-16,18H,4-6,9-12H2,1-3H3,(H,24,28)(H,25,26)/t15-,16+,18+/m0/s1. The molecule has 3 atom stereocenters. The number of H-pyrrole nitrogens is 1. The van der Waals surface area contributed by atoms with Gasteiger partial charge in [-0.3, -0.25) is 9.89 Å². The van der Waals surface area contributed by atoms with Gasteiger partial charge in [0.1, 0.15) is 16.3 Å². The monoisotopic (exact) mass is 476 g/mol. The van der Waals surface area contributed by atoms with Gasteiger partial charge >= 0.3 is 0 Å². The molecule has 1 saturated heterocycles. The number of hydrogen-bond donors (Lipinski definition) is 2. The van der Waals surface area contributed by atoms with Gasteiger partial charge in [-0.15, -0.1) is 0 Å². The Labute approximate surface area is 194 Å². The van der Waals surface area contributed by atoms with Gasteiger partial charge < -0.3 is 14.8 Å². The zero-order valence-electron chi connectivity index (χ0n) is 19.3. The largest absolute Gasteiger partial charge is 0.495 e. The van der Waals surface area contributed by atoms with Gasteiger partial charge in [-0.25, -0.2) is 8.42 Å². The number of methoxy groups -OCH3 is 1. The molecule has 33 heavy (non-hydrogen) atoms. The molecule has 10 heteroatoms. The number of sulfonamides is 1. The third-order valence-electron chi connectivity index (χ3n) is 6.89. The van der Waals surface area contributed by atoms with Gasteiger partial charge in [0.05, 0.1) is 26.0 Å². The normalized spacial score (nSPS) is 24.4. The summed E-state index contributed by atoms with van der Waals surface area (Å²) >= 11 is 0. The second-order valence-electron chi connectivity index (χ2n) is 8.90. The zero-order valence-corrected chi connectivity index (χ0v) is 20.2. The van der Waals surface area contributed by atoms with Crippen LogP contribution in [0.15, 0.2) is 29.2 Å². The molecule has 4 rings (SSSR count). The van der Waals surface area contributed by atoms with Crippen LogP contribution in [0.25, 0.3) is 11.3 Å². The molecule has 180 valence electrons. The number of amides is 1. The maximum Gasteiger partial charge on any atom is 0.269 e. The molecule has 2 fully saturated rings. The minimum Gasteiger partial charge on any atom is -0.495 e. The van der Waals surface area contributed by atoms with Crippen LogP contribution in [0.4, 0.5) is 0 Å². The summed E-state index contributed by atoms with van der Waals surface area (Å²) in [6.07, 6.45) is 3.27. The number of benzene rings is 1. The molecule has 0 unspecified atom stereocenters. The molecule has 2 heterocycles. The van der Waals surface area contributed by atoms with Gasteiger partial charge in [0.25, 0.3) is 5.91 Å². The number of ether oxygens (including phenoxy) is 2. The lowest BCUT2D eigenvalue weighted by atomic mass is 9.78. The maximum atomic E-state index is 13.2.